The van der Waals surface area contributed by atoms with Crippen LogP contribution >= 0.6 is 0 Å². The van der Waals surface area contributed by atoms with E-state index in [2.05, 4.69) is 4.74 Å². The lowest BCUT2D eigenvalue weighted by Gasteiger charge is -2.12. The van der Waals surface area contributed by atoms with Crippen molar-refractivity contribution in [2.45, 2.75) is 25.9 Å². The Balaban J connectivity index is 2.86. The Kier molecular flexibility index (Phi) is 4.58. The molecule has 1 aromatic rings. The van der Waals surface area contributed by atoms with Gasteiger partial charge >= 0.3 is 12.1 Å². The van der Waals surface area contributed by atoms with Gasteiger partial charge in [0.2, 0.25) is 0 Å². The van der Waals surface area contributed by atoms with Crippen LogP contribution in [0.2, 0.25) is 0 Å². The first kappa shape index (κ1) is 14.3. The number of ether oxygens (including phenoxy) is 1. The predicted molar refractivity (Wildman–Crippen MR) is 58.1 cm³/mol. The Morgan fingerprint density at radius 1 is 1.39 bits per heavy atom. The number of halogens is 3. The van der Waals surface area contributed by atoms with Crippen LogP contribution in [0.5, 0.6) is 5.75 Å². The first-order chi connectivity index (χ1) is 8.34. The fraction of sp³-hybridized carbons (Fsp3) is 0.417. The highest BCUT2D eigenvalue weighted by Gasteiger charge is 2.33. The van der Waals surface area contributed by atoms with Crippen molar-refractivity contribution in [1.29, 1.82) is 0 Å². The maximum atomic E-state index is 12.7. The Morgan fingerprint density at radius 3 is 2.61 bits per heavy atom. The third kappa shape index (κ3) is 3.94. The Morgan fingerprint density at radius 2 is 2.06 bits per heavy atom. The van der Waals surface area contributed by atoms with Crippen LogP contribution in [0.1, 0.15) is 24.5 Å². The minimum Gasteiger partial charge on any atom is -0.508 e. The summed E-state index contributed by atoms with van der Waals surface area (Å²) < 4.78 is 42.6. The highest BCUT2D eigenvalue weighted by molar-refractivity contribution is 5.69. The number of aromatic hydroxyl groups is 1. The molecule has 1 N–H and O–H groups in total. The summed E-state index contributed by atoms with van der Waals surface area (Å²) >= 11 is 0. The number of rotatable bonds is 4. The molecule has 100 valence electrons. The lowest BCUT2D eigenvalue weighted by atomic mass is 10.0. The van der Waals surface area contributed by atoms with Gasteiger partial charge in [0.1, 0.15) is 5.75 Å². The number of alkyl halides is 3. The summed E-state index contributed by atoms with van der Waals surface area (Å²) in [4.78, 5) is 11.1. The van der Waals surface area contributed by atoms with E-state index in [1.54, 1.807) is 6.92 Å². The second-order valence-electron chi connectivity index (χ2n) is 3.64. The van der Waals surface area contributed by atoms with Crippen LogP contribution in [-0.2, 0) is 22.1 Å². The van der Waals surface area contributed by atoms with Crippen molar-refractivity contribution >= 4 is 5.97 Å². The molecule has 0 saturated heterocycles. The molecule has 1 aromatic carbocycles. The van der Waals surface area contributed by atoms with Crippen LogP contribution in [0.4, 0.5) is 13.2 Å². The number of carbonyl (C=O) groups is 1. The molecule has 0 spiro atoms. The van der Waals surface area contributed by atoms with E-state index in [1.807, 2.05) is 0 Å². The number of benzene rings is 1. The molecule has 1 rings (SSSR count). The van der Waals surface area contributed by atoms with Gasteiger partial charge in [-0.3, -0.25) is 4.79 Å². The number of phenolic OH excluding ortho intramolecular Hbond substituents is 1. The number of esters is 1. The van der Waals surface area contributed by atoms with Gasteiger partial charge in [-0.25, -0.2) is 0 Å². The fourth-order valence-corrected chi connectivity index (χ4v) is 1.53. The van der Waals surface area contributed by atoms with Gasteiger partial charge in [0.15, 0.2) is 0 Å². The summed E-state index contributed by atoms with van der Waals surface area (Å²) in [6.07, 6.45) is -4.78. The second-order valence-corrected chi connectivity index (χ2v) is 3.64. The molecular formula is C12H13F3O3. The van der Waals surface area contributed by atoms with Crippen molar-refractivity contribution in [1.82, 2.24) is 0 Å². The van der Waals surface area contributed by atoms with Gasteiger partial charge in [-0.15, -0.1) is 0 Å². The first-order valence-electron chi connectivity index (χ1n) is 5.39. The van der Waals surface area contributed by atoms with E-state index in [0.29, 0.717) is 0 Å². The second kappa shape index (κ2) is 5.75. The summed E-state index contributed by atoms with van der Waals surface area (Å²) in [6.45, 7) is 1.80. The van der Waals surface area contributed by atoms with Gasteiger partial charge in [0.25, 0.3) is 0 Å². The van der Waals surface area contributed by atoms with E-state index in [9.17, 15) is 23.1 Å². The van der Waals surface area contributed by atoms with E-state index in [-0.39, 0.29) is 30.8 Å². The SMILES string of the molecule is CCOC(=O)CCc1cc(O)ccc1C(F)(F)F. The molecule has 0 aliphatic heterocycles. The summed E-state index contributed by atoms with van der Waals surface area (Å²) in [7, 11) is 0. The zero-order chi connectivity index (χ0) is 13.8. The molecule has 0 heterocycles. The maximum absolute atomic E-state index is 12.7. The zero-order valence-electron chi connectivity index (χ0n) is 9.75. The van der Waals surface area contributed by atoms with E-state index < -0.39 is 17.7 Å². The molecular weight excluding hydrogens is 249 g/mol. The number of phenols is 1. The van der Waals surface area contributed by atoms with Crippen LogP contribution in [0.3, 0.4) is 0 Å². The molecule has 0 aliphatic rings. The number of carbonyl (C=O) groups excluding carboxylic acids is 1. The Hall–Kier alpha value is -1.72. The number of aryl methyl sites for hydroxylation is 1. The van der Waals surface area contributed by atoms with Crippen LogP contribution in [0.25, 0.3) is 0 Å². The van der Waals surface area contributed by atoms with Gasteiger partial charge < -0.3 is 9.84 Å². The Bertz CT molecular complexity index is 427. The van der Waals surface area contributed by atoms with Crippen molar-refractivity contribution < 1.29 is 27.8 Å². The van der Waals surface area contributed by atoms with E-state index >= 15 is 0 Å². The van der Waals surface area contributed by atoms with Gasteiger partial charge in [0, 0.05) is 6.42 Å². The largest absolute Gasteiger partial charge is 0.508 e. The van der Waals surface area contributed by atoms with Gasteiger partial charge in [-0.2, -0.15) is 13.2 Å². The van der Waals surface area contributed by atoms with Crippen molar-refractivity contribution in [2.24, 2.45) is 0 Å². The normalized spacial score (nSPS) is 11.3. The van der Waals surface area contributed by atoms with Crippen molar-refractivity contribution in [3.05, 3.63) is 29.3 Å². The maximum Gasteiger partial charge on any atom is 0.416 e. The van der Waals surface area contributed by atoms with Crippen LogP contribution in [-0.4, -0.2) is 17.7 Å². The van der Waals surface area contributed by atoms with Crippen molar-refractivity contribution in [2.75, 3.05) is 6.61 Å². The van der Waals surface area contributed by atoms with E-state index in [0.717, 1.165) is 18.2 Å². The fourth-order valence-electron chi connectivity index (χ4n) is 1.53. The molecule has 0 unspecified atom stereocenters. The molecule has 0 bridgehead atoms. The Labute approximate surface area is 102 Å². The van der Waals surface area contributed by atoms with Crippen LogP contribution < -0.4 is 0 Å². The first-order valence-corrected chi connectivity index (χ1v) is 5.39. The molecule has 18 heavy (non-hydrogen) atoms. The van der Waals surface area contributed by atoms with Crippen molar-refractivity contribution in [3.63, 3.8) is 0 Å². The highest BCUT2D eigenvalue weighted by atomic mass is 19.4. The summed E-state index contributed by atoms with van der Waals surface area (Å²) in [5.74, 6) is -0.823. The highest BCUT2D eigenvalue weighted by Crippen LogP contribution is 2.34. The minimum atomic E-state index is -4.50. The number of hydrogen-bond donors (Lipinski definition) is 1. The van der Waals surface area contributed by atoms with Crippen molar-refractivity contribution in [3.8, 4) is 5.75 Å². The summed E-state index contributed by atoms with van der Waals surface area (Å²) in [5, 5.41) is 9.19. The van der Waals surface area contributed by atoms with Gasteiger partial charge in [-0.05, 0) is 37.1 Å². The molecule has 0 saturated carbocycles. The molecule has 0 aromatic heterocycles. The molecule has 0 atom stereocenters. The molecule has 6 heteroatoms. The molecule has 3 nitrogen and oxygen atoms in total. The van der Waals surface area contributed by atoms with E-state index in [4.69, 9.17) is 0 Å². The lowest BCUT2D eigenvalue weighted by molar-refractivity contribution is -0.144. The molecule has 0 amide bonds. The predicted octanol–water partition coefficient (Wildman–Crippen LogP) is 2.91. The average molecular weight is 262 g/mol. The summed E-state index contributed by atoms with van der Waals surface area (Å²) in [6, 6.07) is 2.79. The quantitative estimate of drug-likeness (QED) is 0.849. The minimum absolute atomic E-state index is 0.115. The third-order valence-corrected chi connectivity index (χ3v) is 2.30. The van der Waals surface area contributed by atoms with Gasteiger partial charge in [-0.1, -0.05) is 0 Å². The topological polar surface area (TPSA) is 46.5 Å². The lowest BCUT2D eigenvalue weighted by Crippen LogP contribution is -2.11. The average Bonchev–Trinajstić information content (AvgIpc) is 2.25. The monoisotopic (exact) mass is 262 g/mol. The molecule has 0 radical (unpaired) electrons. The third-order valence-electron chi connectivity index (χ3n) is 2.30. The molecule has 0 aliphatic carbocycles. The molecule has 0 fully saturated rings. The summed E-state index contributed by atoms with van der Waals surface area (Å²) in [5.41, 5.74) is -0.958. The zero-order valence-corrected chi connectivity index (χ0v) is 9.75. The van der Waals surface area contributed by atoms with Gasteiger partial charge in [0.05, 0.1) is 12.2 Å². The standard InChI is InChI=1S/C12H13F3O3/c1-2-18-11(17)6-3-8-7-9(16)4-5-10(8)12(13,14)15/h4-5,7,16H,2-3,6H2,1H3. The van der Waals surface area contributed by atoms with Crippen LogP contribution in [0.15, 0.2) is 18.2 Å². The van der Waals surface area contributed by atoms with Crippen LogP contribution in [0, 0.1) is 0 Å². The smallest absolute Gasteiger partial charge is 0.416 e. The number of hydrogen-bond acceptors (Lipinski definition) is 3. The van der Waals surface area contributed by atoms with E-state index in [1.165, 1.54) is 0 Å².